The Morgan fingerprint density at radius 2 is 1.61 bits per heavy atom. The fourth-order valence-electron chi connectivity index (χ4n) is 2.14. The highest BCUT2D eigenvalue weighted by Crippen LogP contribution is 2.22. The molecule has 6 nitrogen and oxygen atoms in total. The van der Waals surface area contributed by atoms with E-state index in [4.69, 9.17) is 13.9 Å². The maximum Gasteiger partial charge on any atom is 0.311 e. The highest BCUT2D eigenvalue weighted by molar-refractivity contribution is 5.74. The van der Waals surface area contributed by atoms with Gasteiger partial charge in [0.05, 0.1) is 43.7 Å². The lowest BCUT2D eigenvalue weighted by molar-refractivity contribution is -0.143. The summed E-state index contributed by atoms with van der Waals surface area (Å²) >= 11 is 0. The standard InChI is InChI=1S/C17H19NO5/c1-3-21-16(19)10-13-8-12(15-6-5-7-23-15)9-14(18-13)11-17(20)22-4-2/h5-9H,3-4,10-11H2,1-2H3. The molecule has 2 rings (SSSR count). The average molecular weight is 317 g/mol. The average Bonchev–Trinajstić information content (AvgIpc) is 3.01. The van der Waals surface area contributed by atoms with Crippen molar-refractivity contribution in [3.8, 4) is 11.3 Å². The molecule has 6 heteroatoms. The first kappa shape index (κ1) is 16.7. The largest absolute Gasteiger partial charge is 0.466 e. The van der Waals surface area contributed by atoms with Crippen LogP contribution in [0, 0.1) is 0 Å². The molecule has 2 aromatic heterocycles. The van der Waals surface area contributed by atoms with Crippen molar-refractivity contribution < 1.29 is 23.5 Å². The first-order valence-electron chi connectivity index (χ1n) is 7.47. The smallest absolute Gasteiger partial charge is 0.311 e. The number of aromatic nitrogens is 1. The van der Waals surface area contributed by atoms with E-state index in [9.17, 15) is 9.59 Å². The Bertz CT molecular complexity index is 625. The van der Waals surface area contributed by atoms with Gasteiger partial charge in [0.15, 0.2) is 0 Å². The zero-order valence-electron chi connectivity index (χ0n) is 13.2. The van der Waals surface area contributed by atoms with Crippen molar-refractivity contribution in [1.82, 2.24) is 4.98 Å². The number of rotatable bonds is 7. The van der Waals surface area contributed by atoms with E-state index in [2.05, 4.69) is 4.98 Å². The van der Waals surface area contributed by atoms with Crippen LogP contribution >= 0.6 is 0 Å². The number of hydrogen-bond acceptors (Lipinski definition) is 6. The molecule has 122 valence electrons. The molecule has 0 atom stereocenters. The molecule has 0 radical (unpaired) electrons. The SMILES string of the molecule is CCOC(=O)Cc1cc(-c2ccco2)cc(CC(=O)OCC)n1. The number of carbonyl (C=O) groups excluding carboxylic acids is 2. The Morgan fingerprint density at radius 3 is 2.04 bits per heavy atom. The molecule has 0 aliphatic carbocycles. The van der Waals surface area contributed by atoms with Crippen molar-refractivity contribution >= 4 is 11.9 Å². The van der Waals surface area contributed by atoms with E-state index in [1.165, 1.54) is 0 Å². The van der Waals surface area contributed by atoms with Crippen LogP contribution in [0.5, 0.6) is 0 Å². The van der Waals surface area contributed by atoms with Gasteiger partial charge in [0.25, 0.3) is 0 Å². The minimum Gasteiger partial charge on any atom is -0.466 e. The molecular formula is C17H19NO5. The zero-order valence-corrected chi connectivity index (χ0v) is 13.2. The van der Waals surface area contributed by atoms with E-state index in [0.717, 1.165) is 5.56 Å². The summed E-state index contributed by atoms with van der Waals surface area (Å²) in [4.78, 5) is 27.7. The summed E-state index contributed by atoms with van der Waals surface area (Å²) in [7, 11) is 0. The molecule has 0 unspecified atom stereocenters. The molecule has 0 amide bonds. The molecule has 0 saturated heterocycles. The van der Waals surface area contributed by atoms with E-state index >= 15 is 0 Å². The van der Waals surface area contributed by atoms with E-state index < -0.39 is 0 Å². The van der Waals surface area contributed by atoms with Crippen LogP contribution in [0.3, 0.4) is 0 Å². The molecular weight excluding hydrogens is 298 g/mol. The molecule has 0 fully saturated rings. The highest BCUT2D eigenvalue weighted by Gasteiger charge is 2.13. The fraction of sp³-hybridized carbons (Fsp3) is 0.353. The minimum atomic E-state index is -0.362. The quantitative estimate of drug-likeness (QED) is 0.730. The maximum atomic E-state index is 11.7. The van der Waals surface area contributed by atoms with Crippen molar-refractivity contribution in [2.24, 2.45) is 0 Å². The maximum absolute atomic E-state index is 11.7. The predicted octanol–water partition coefficient (Wildman–Crippen LogP) is 2.55. The summed E-state index contributed by atoms with van der Waals surface area (Å²) < 4.78 is 15.3. The van der Waals surface area contributed by atoms with Gasteiger partial charge in [0, 0.05) is 5.56 Å². The summed E-state index contributed by atoms with van der Waals surface area (Å²) in [5.41, 5.74) is 1.80. The number of pyridine rings is 1. The first-order valence-corrected chi connectivity index (χ1v) is 7.47. The molecule has 0 aliphatic rings. The van der Waals surface area contributed by atoms with Crippen LogP contribution in [-0.4, -0.2) is 30.1 Å². The van der Waals surface area contributed by atoms with Crippen LogP contribution in [0.4, 0.5) is 0 Å². The van der Waals surface area contributed by atoms with Gasteiger partial charge in [-0.05, 0) is 38.1 Å². The molecule has 2 aromatic rings. The number of hydrogen-bond donors (Lipinski definition) is 0. The normalized spacial score (nSPS) is 10.3. The van der Waals surface area contributed by atoms with E-state index in [-0.39, 0.29) is 24.8 Å². The van der Waals surface area contributed by atoms with Crippen molar-refractivity contribution in [2.45, 2.75) is 26.7 Å². The van der Waals surface area contributed by atoms with Gasteiger partial charge < -0.3 is 13.9 Å². The van der Waals surface area contributed by atoms with Gasteiger partial charge in [-0.1, -0.05) is 0 Å². The summed E-state index contributed by atoms with van der Waals surface area (Å²) in [6, 6.07) is 7.08. The van der Waals surface area contributed by atoms with Gasteiger partial charge in [-0.3, -0.25) is 14.6 Å². The second kappa shape index (κ2) is 8.12. The Labute approximate surface area is 134 Å². The molecule has 0 N–H and O–H groups in total. The van der Waals surface area contributed by atoms with Crippen LogP contribution < -0.4 is 0 Å². The predicted molar refractivity (Wildman–Crippen MR) is 82.6 cm³/mol. The van der Waals surface area contributed by atoms with Crippen molar-refractivity contribution in [3.63, 3.8) is 0 Å². The van der Waals surface area contributed by atoms with E-state index in [1.54, 1.807) is 44.4 Å². The van der Waals surface area contributed by atoms with E-state index in [0.29, 0.717) is 30.4 Å². The van der Waals surface area contributed by atoms with Crippen LogP contribution in [0.1, 0.15) is 25.2 Å². The third-order valence-electron chi connectivity index (χ3n) is 3.00. The molecule has 0 bridgehead atoms. The Hall–Kier alpha value is -2.63. The lowest BCUT2D eigenvalue weighted by atomic mass is 10.1. The van der Waals surface area contributed by atoms with Gasteiger partial charge >= 0.3 is 11.9 Å². The van der Waals surface area contributed by atoms with Gasteiger partial charge in [0.2, 0.25) is 0 Å². The minimum absolute atomic E-state index is 0.0399. The molecule has 0 saturated carbocycles. The van der Waals surface area contributed by atoms with Gasteiger partial charge in [-0.25, -0.2) is 0 Å². The van der Waals surface area contributed by atoms with Crippen LogP contribution in [0.2, 0.25) is 0 Å². The fourth-order valence-corrected chi connectivity index (χ4v) is 2.14. The van der Waals surface area contributed by atoms with Crippen LogP contribution in [0.25, 0.3) is 11.3 Å². The third kappa shape index (κ3) is 4.95. The second-order valence-corrected chi connectivity index (χ2v) is 4.78. The summed E-state index contributed by atoms with van der Waals surface area (Å²) in [6.45, 7) is 4.12. The lowest BCUT2D eigenvalue weighted by Gasteiger charge is -2.08. The number of ether oxygens (including phenoxy) is 2. The number of furan rings is 1. The van der Waals surface area contributed by atoms with E-state index in [1.807, 2.05) is 0 Å². The topological polar surface area (TPSA) is 78.6 Å². The monoisotopic (exact) mass is 317 g/mol. The molecule has 0 spiro atoms. The lowest BCUT2D eigenvalue weighted by Crippen LogP contribution is -2.12. The Kier molecular flexibility index (Phi) is 5.91. The van der Waals surface area contributed by atoms with Crippen LogP contribution in [-0.2, 0) is 31.9 Å². The molecule has 2 heterocycles. The highest BCUT2D eigenvalue weighted by atomic mass is 16.5. The summed E-state index contributed by atoms with van der Waals surface area (Å²) in [5.74, 6) is -0.0834. The van der Waals surface area contributed by atoms with Crippen molar-refractivity contribution in [2.75, 3.05) is 13.2 Å². The van der Waals surface area contributed by atoms with Gasteiger partial charge in [0.1, 0.15) is 5.76 Å². The molecule has 23 heavy (non-hydrogen) atoms. The van der Waals surface area contributed by atoms with Gasteiger partial charge in [-0.2, -0.15) is 0 Å². The summed E-state index contributed by atoms with van der Waals surface area (Å²) in [5, 5.41) is 0. The number of nitrogens with zero attached hydrogens (tertiary/aromatic N) is 1. The zero-order chi connectivity index (χ0) is 16.7. The summed E-state index contributed by atoms with van der Waals surface area (Å²) in [6.07, 6.45) is 1.64. The second-order valence-electron chi connectivity index (χ2n) is 4.78. The molecule has 0 aliphatic heterocycles. The Morgan fingerprint density at radius 1 is 1.04 bits per heavy atom. The Balaban J connectivity index is 2.28. The molecule has 0 aromatic carbocycles. The number of esters is 2. The van der Waals surface area contributed by atoms with Crippen molar-refractivity contribution in [1.29, 1.82) is 0 Å². The number of carbonyl (C=O) groups is 2. The van der Waals surface area contributed by atoms with Crippen molar-refractivity contribution in [3.05, 3.63) is 41.9 Å². The first-order chi connectivity index (χ1) is 11.1. The van der Waals surface area contributed by atoms with Gasteiger partial charge in [-0.15, -0.1) is 0 Å². The van der Waals surface area contributed by atoms with Crippen LogP contribution in [0.15, 0.2) is 34.9 Å². The third-order valence-corrected chi connectivity index (χ3v) is 3.00.